The molecule has 0 unspecified atom stereocenters. The number of hydrogen-bond acceptors (Lipinski definition) is 3. The maximum Gasteiger partial charge on any atom is 0.116 e. The first kappa shape index (κ1) is 12.5. The smallest absolute Gasteiger partial charge is 0.116 e. The first-order chi connectivity index (χ1) is 7.71. The molecule has 0 aliphatic heterocycles. The first-order valence-electron chi connectivity index (χ1n) is 5.95. The Morgan fingerprint density at radius 1 is 1.00 bits per heavy atom. The van der Waals surface area contributed by atoms with Gasteiger partial charge in [0.05, 0.1) is 10.2 Å². The third-order valence-electron chi connectivity index (χ3n) is 2.79. The fraction of sp³-hybridized carbons (Fsp3) is 0.571. The molecular weight excluding hydrogens is 228 g/mol. The fourth-order valence-electron chi connectivity index (χ4n) is 2.07. The number of fused-ring (bicyclic) bond motifs is 1. The third kappa shape index (κ3) is 2.21. The predicted molar refractivity (Wildman–Crippen MR) is 74.8 cm³/mol. The molecule has 0 amide bonds. The number of nitrogens with zero attached hydrogens (tertiary/aromatic N) is 2. The van der Waals surface area contributed by atoms with E-state index in [1.807, 2.05) is 17.5 Å². The highest BCUT2D eigenvalue weighted by molar-refractivity contribution is 7.19. The van der Waals surface area contributed by atoms with E-state index >= 15 is 0 Å². The normalized spacial score (nSPS) is 13.3. The molecule has 2 heterocycles. The molecule has 2 nitrogen and oxygen atoms in total. The second-order valence-electron chi connectivity index (χ2n) is 6.54. The summed E-state index contributed by atoms with van der Waals surface area (Å²) in [7, 11) is 0. The molecule has 0 spiro atoms. The van der Waals surface area contributed by atoms with Crippen LogP contribution in [0.25, 0.3) is 10.2 Å². The van der Waals surface area contributed by atoms with E-state index in [0.717, 1.165) is 5.52 Å². The van der Waals surface area contributed by atoms with Gasteiger partial charge >= 0.3 is 0 Å². The number of hydrogen-bond donors (Lipinski definition) is 0. The lowest BCUT2D eigenvalue weighted by Crippen LogP contribution is -2.19. The predicted octanol–water partition coefficient (Wildman–Crippen LogP) is 4.29. The molecule has 0 aromatic carbocycles. The average molecular weight is 248 g/mol. The SMILES string of the molecule is CC(C)(C)c1sc2cncnc2c1C(C)(C)C. The van der Waals surface area contributed by atoms with E-state index in [9.17, 15) is 0 Å². The molecule has 17 heavy (non-hydrogen) atoms. The van der Waals surface area contributed by atoms with Gasteiger partial charge in [-0.3, -0.25) is 0 Å². The zero-order chi connectivity index (χ0) is 12.8. The van der Waals surface area contributed by atoms with Crippen molar-refractivity contribution in [3.05, 3.63) is 23.0 Å². The largest absolute Gasteiger partial charge is 0.243 e. The third-order valence-corrected chi connectivity index (χ3v) is 4.33. The van der Waals surface area contributed by atoms with E-state index in [1.165, 1.54) is 15.1 Å². The van der Waals surface area contributed by atoms with Crippen molar-refractivity contribution in [2.45, 2.75) is 52.4 Å². The molecule has 0 bridgehead atoms. The van der Waals surface area contributed by atoms with Gasteiger partial charge in [-0.05, 0) is 16.4 Å². The Labute approximate surface area is 107 Å². The minimum absolute atomic E-state index is 0.120. The summed E-state index contributed by atoms with van der Waals surface area (Å²) in [4.78, 5) is 10.0. The van der Waals surface area contributed by atoms with Gasteiger partial charge in [-0.1, -0.05) is 41.5 Å². The van der Waals surface area contributed by atoms with Gasteiger partial charge in [0.2, 0.25) is 0 Å². The second kappa shape index (κ2) is 3.77. The molecule has 2 aromatic heterocycles. The van der Waals surface area contributed by atoms with Crippen molar-refractivity contribution >= 4 is 21.6 Å². The molecule has 3 heteroatoms. The van der Waals surface area contributed by atoms with Crippen LogP contribution in [0.1, 0.15) is 52.0 Å². The Balaban J connectivity index is 2.84. The first-order valence-corrected chi connectivity index (χ1v) is 6.76. The Bertz CT molecular complexity index is 541. The van der Waals surface area contributed by atoms with Crippen LogP contribution in [0.2, 0.25) is 0 Å². The minimum Gasteiger partial charge on any atom is -0.243 e. The van der Waals surface area contributed by atoms with Crippen LogP contribution in [0.3, 0.4) is 0 Å². The van der Waals surface area contributed by atoms with Gasteiger partial charge < -0.3 is 0 Å². The van der Waals surface area contributed by atoms with Crippen LogP contribution in [0, 0.1) is 0 Å². The highest BCUT2D eigenvalue weighted by Gasteiger charge is 2.30. The van der Waals surface area contributed by atoms with Gasteiger partial charge in [0, 0.05) is 11.1 Å². The van der Waals surface area contributed by atoms with Crippen molar-refractivity contribution in [2.24, 2.45) is 0 Å². The molecular formula is C14H20N2S. The van der Waals surface area contributed by atoms with Gasteiger partial charge in [-0.15, -0.1) is 11.3 Å². The van der Waals surface area contributed by atoms with Crippen molar-refractivity contribution in [3.63, 3.8) is 0 Å². The van der Waals surface area contributed by atoms with Crippen molar-refractivity contribution < 1.29 is 0 Å². The molecule has 0 fully saturated rings. The van der Waals surface area contributed by atoms with Crippen LogP contribution in [0.15, 0.2) is 12.5 Å². The summed E-state index contributed by atoms with van der Waals surface area (Å²) in [5.74, 6) is 0. The lowest BCUT2D eigenvalue weighted by molar-refractivity contribution is 0.544. The highest BCUT2D eigenvalue weighted by atomic mass is 32.1. The Morgan fingerprint density at radius 2 is 1.65 bits per heavy atom. The van der Waals surface area contributed by atoms with Crippen molar-refractivity contribution in [2.75, 3.05) is 0 Å². The molecule has 0 radical (unpaired) electrons. The minimum atomic E-state index is 0.120. The monoisotopic (exact) mass is 248 g/mol. The van der Waals surface area contributed by atoms with E-state index in [1.54, 1.807) is 6.33 Å². The molecule has 0 aliphatic carbocycles. The summed E-state index contributed by atoms with van der Waals surface area (Å²) >= 11 is 1.83. The van der Waals surface area contributed by atoms with Crippen molar-refractivity contribution in [1.82, 2.24) is 9.97 Å². The molecule has 92 valence electrons. The van der Waals surface area contributed by atoms with Crippen LogP contribution in [0.4, 0.5) is 0 Å². The standard InChI is InChI=1S/C14H20N2S/c1-13(2,3)10-11-9(7-15-8-16-11)17-12(10)14(4,5)6/h7-8H,1-6H3. The van der Waals surface area contributed by atoms with Crippen LogP contribution in [-0.4, -0.2) is 9.97 Å². The summed E-state index contributed by atoms with van der Waals surface area (Å²) in [6.45, 7) is 13.6. The summed E-state index contributed by atoms with van der Waals surface area (Å²) < 4.78 is 1.20. The molecule has 0 saturated carbocycles. The van der Waals surface area contributed by atoms with Gasteiger partial charge in [0.1, 0.15) is 6.33 Å². The summed E-state index contributed by atoms with van der Waals surface area (Å²) in [6.07, 6.45) is 3.58. The molecule has 0 atom stereocenters. The van der Waals surface area contributed by atoms with Crippen LogP contribution >= 0.6 is 11.3 Å². The topological polar surface area (TPSA) is 25.8 Å². The zero-order valence-corrected chi connectivity index (χ0v) is 12.3. The lowest BCUT2D eigenvalue weighted by Gasteiger charge is -2.26. The maximum atomic E-state index is 4.48. The number of rotatable bonds is 0. The Kier molecular flexibility index (Phi) is 2.77. The fourth-order valence-corrected chi connectivity index (χ4v) is 3.47. The van der Waals surface area contributed by atoms with Gasteiger partial charge in [0.25, 0.3) is 0 Å². The van der Waals surface area contributed by atoms with Crippen molar-refractivity contribution in [3.8, 4) is 0 Å². The summed E-state index contributed by atoms with van der Waals surface area (Å²) in [6, 6.07) is 0. The van der Waals surface area contributed by atoms with Gasteiger partial charge in [-0.2, -0.15) is 0 Å². The van der Waals surface area contributed by atoms with E-state index in [4.69, 9.17) is 0 Å². The van der Waals surface area contributed by atoms with Gasteiger partial charge in [-0.25, -0.2) is 9.97 Å². The van der Waals surface area contributed by atoms with E-state index < -0.39 is 0 Å². The molecule has 2 aromatic rings. The summed E-state index contributed by atoms with van der Waals surface area (Å²) in [5, 5.41) is 0. The highest BCUT2D eigenvalue weighted by Crippen LogP contribution is 2.43. The lowest BCUT2D eigenvalue weighted by atomic mass is 9.80. The molecule has 0 aliphatic rings. The van der Waals surface area contributed by atoms with Crippen LogP contribution in [0.5, 0.6) is 0 Å². The van der Waals surface area contributed by atoms with E-state index in [2.05, 4.69) is 51.5 Å². The molecule has 0 saturated heterocycles. The number of aromatic nitrogens is 2. The average Bonchev–Trinajstić information content (AvgIpc) is 2.54. The molecule has 2 rings (SSSR count). The van der Waals surface area contributed by atoms with E-state index in [-0.39, 0.29) is 10.8 Å². The summed E-state index contributed by atoms with van der Waals surface area (Å²) in [5.41, 5.74) is 2.79. The quantitative estimate of drug-likeness (QED) is 0.695. The van der Waals surface area contributed by atoms with E-state index in [0.29, 0.717) is 0 Å². The van der Waals surface area contributed by atoms with Gasteiger partial charge in [0.15, 0.2) is 0 Å². The Hall–Kier alpha value is -0.960. The maximum absolute atomic E-state index is 4.48. The second-order valence-corrected chi connectivity index (χ2v) is 7.59. The van der Waals surface area contributed by atoms with Crippen LogP contribution < -0.4 is 0 Å². The Morgan fingerprint density at radius 3 is 2.18 bits per heavy atom. The number of thiophene rings is 1. The van der Waals surface area contributed by atoms with Crippen LogP contribution in [-0.2, 0) is 10.8 Å². The van der Waals surface area contributed by atoms with Crippen molar-refractivity contribution in [1.29, 1.82) is 0 Å². The molecule has 0 N–H and O–H groups in total. The zero-order valence-electron chi connectivity index (χ0n) is 11.5.